The van der Waals surface area contributed by atoms with Crippen LogP contribution in [0.4, 0.5) is 5.69 Å². The maximum atomic E-state index is 5.36. The summed E-state index contributed by atoms with van der Waals surface area (Å²) in [4.78, 5) is 5.36. The molecule has 0 aliphatic carbocycles. The molecule has 5 aromatic rings. The quantitative estimate of drug-likeness (QED) is 0.261. The number of nitrogens with one attached hydrogen (secondary N) is 1. The van der Waals surface area contributed by atoms with Gasteiger partial charge in [-0.05, 0) is 64.3 Å². The fourth-order valence-corrected chi connectivity index (χ4v) is 6.29. The van der Waals surface area contributed by atoms with Crippen LogP contribution in [0.3, 0.4) is 0 Å². The van der Waals surface area contributed by atoms with Gasteiger partial charge in [-0.1, -0.05) is 106 Å². The zero-order valence-corrected chi connectivity index (χ0v) is 23.3. The number of hydrogen-bond donors (Lipinski definition) is 1. The van der Waals surface area contributed by atoms with Crippen LogP contribution in [0.1, 0.15) is 84.8 Å². The molecule has 3 heteroatoms. The number of para-hydroxylation sites is 1. The second kappa shape index (κ2) is 9.47. The lowest BCUT2D eigenvalue weighted by Gasteiger charge is -2.32. The lowest BCUT2D eigenvalue weighted by Crippen LogP contribution is -2.26. The van der Waals surface area contributed by atoms with Gasteiger partial charge in [0.15, 0.2) is 0 Å². The minimum absolute atomic E-state index is 0.0273. The van der Waals surface area contributed by atoms with Crippen LogP contribution in [0, 0.1) is 13.8 Å². The van der Waals surface area contributed by atoms with Gasteiger partial charge in [-0.25, -0.2) is 4.98 Å². The Morgan fingerprint density at radius 3 is 2.26 bits per heavy atom. The molecule has 0 amide bonds. The summed E-state index contributed by atoms with van der Waals surface area (Å²) in [5.74, 6) is 1.93. The minimum atomic E-state index is -0.0273. The molecule has 0 spiro atoms. The van der Waals surface area contributed by atoms with E-state index in [-0.39, 0.29) is 6.04 Å². The summed E-state index contributed by atoms with van der Waals surface area (Å²) >= 11 is 0. The first-order valence-corrected chi connectivity index (χ1v) is 13.9. The molecular formula is C35H37N3. The molecule has 0 radical (unpaired) electrons. The van der Waals surface area contributed by atoms with Crippen molar-refractivity contribution in [3.63, 3.8) is 0 Å². The standard InChI is InChI=1S/C35H37N3/c1-21(2)27-14-10-15-28(22(3)4)33(27)37-34-32-24(6)17-23(5)18-26(32)19-38-20-31(36-35(34)38)30-16-9-12-25-11-7-8-13-29(25)30/h7-18,20-22,34,37H,19H2,1-6H3. The molecule has 2 heterocycles. The molecule has 1 N–H and O–H groups in total. The first kappa shape index (κ1) is 24.5. The fraction of sp³-hybridized carbons (Fsp3) is 0.286. The SMILES string of the molecule is Cc1cc(C)c2c(c1)Cn1cc(-c3cccc4ccccc34)nc1C2Nc1c(C(C)C)cccc1C(C)C. The topological polar surface area (TPSA) is 29.9 Å². The van der Waals surface area contributed by atoms with Gasteiger partial charge >= 0.3 is 0 Å². The van der Waals surface area contributed by atoms with Crippen LogP contribution in [0.15, 0.2) is 79.0 Å². The summed E-state index contributed by atoms with van der Waals surface area (Å²) in [6, 6.07) is 26.5. The molecule has 1 aliphatic heterocycles. The van der Waals surface area contributed by atoms with E-state index in [9.17, 15) is 0 Å². The Balaban J connectivity index is 1.55. The molecule has 6 rings (SSSR count). The van der Waals surface area contributed by atoms with Crippen molar-refractivity contribution in [1.82, 2.24) is 9.55 Å². The summed E-state index contributed by atoms with van der Waals surface area (Å²) in [6.45, 7) is 14.4. The lowest BCUT2D eigenvalue weighted by atomic mass is 9.88. The second-order valence-corrected chi connectivity index (χ2v) is 11.5. The van der Waals surface area contributed by atoms with Gasteiger partial charge in [0.25, 0.3) is 0 Å². The van der Waals surface area contributed by atoms with Crippen molar-refractivity contribution in [2.75, 3.05) is 5.32 Å². The van der Waals surface area contributed by atoms with E-state index >= 15 is 0 Å². The van der Waals surface area contributed by atoms with E-state index in [4.69, 9.17) is 4.98 Å². The molecule has 1 unspecified atom stereocenters. The van der Waals surface area contributed by atoms with Crippen molar-refractivity contribution in [3.05, 3.63) is 118 Å². The van der Waals surface area contributed by atoms with Crippen LogP contribution < -0.4 is 5.32 Å². The molecule has 1 atom stereocenters. The Kier molecular flexibility index (Phi) is 6.10. The number of aryl methyl sites for hydroxylation is 2. The van der Waals surface area contributed by atoms with E-state index < -0.39 is 0 Å². The first-order valence-electron chi connectivity index (χ1n) is 13.9. The Labute approximate surface area is 226 Å². The maximum Gasteiger partial charge on any atom is 0.137 e. The van der Waals surface area contributed by atoms with Gasteiger partial charge in [0.1, 0.15) is 11.9 Å². The third-order valence-corrected chi connectivity index (χ3v) is 8.04. The molecule has 0 saturated carbocycles. The average molecular weight is 500 g/mol. The molecule has 0 fully saturated rings. The highest BCUT2D eigenvalue weighted by atomic mass is 15.1. The normalized spacial score (nSPS) is 14.7. The lowest BCUT2D eigenvalue weighted by molar-refractivity contribution is 0.643. The smallest absolute Gasteiger partial charge is 0.137 e. The van der Waals surface area contributed by atoms with Crippen molar-refractivity contribution in [1.29, 1.82) is 0 Å². The third-order valence-electron chi connectivity index (χ3n) is 8.04. The molecule has 1 aromatic heterocycles. The van der Waals surface area contributed by atoms with Gasteiger partial charge in [-0.15, -0.1) is 0 Å². The Hall–Kier alpha value is -3.85. The van der Waals surface area contributed by atoms with Crippen LogP contribution in [0.25, 0.3) is 22.0 Å². The first-order chi connectivity index (χ1) is 18.3. The number of anilines is 1. The van der Waals surface area contributed by atoms with E-state index in [0.29, 0.717) is 11.8 Å². The number of rotatable bonds is 5. The summed E-state index contributed by atoms with van der Waals surface area (Å²) in [5.41, 5.74) is 11.6. The van der Waals surface area contributed by atoms with Crippen LogP contribution in [-0.4, -0.2) is 9.55 Å². The highest BCUT2D eigenvalue weighted by Crippen LogP contribution is 2.41. The van der Waals surface area contributed by atoms with E-state index in [0.717, 1.165) is 18.1 Å². The summed E-state index contributed by atoms with van der Waals surface area (Å²) in [7, 11) is 0. The zero-order chi connectivity index (χ0) is 26.6. The summed E-state index contributed by atoms with van der Waals surface area (Å²) in [6.07, 6.45) is 2.25. The molecule has 1 aliphatic rings. The van der Waals surface area contributed by atoms with E-state index in [1.165, 1.54) is 55.4 Å². The predicted molar refractivity (Wildman–Crippen MR) is 160 cm³/mol. The number of hydrogen-bond acceptors (Lipinski definition) is 2. The molecule has 192 valence electrons. The van der Waals surface area contributed by atoms with Gasteiger partial charge in [0.2, 0.25) is 0 Å². The van der Waals surface area contributed by atoms with Gasteiger partial charge in [0.05, 0.1) is 5.69 Å². The molecular weight excluding hydrogens is 462 g/mol. The molecule has 38 heavy (non-hydrogen) atoms. The molecule has 0 saturated heterocycles. The zero-order valence-electron chi connectivity index (χ0n) is 23.3. The van der Waals surface area contributed by atoms with Gasteiger partial charge in [0, 0.05) is 24.0 Å². The average Bonchev–Trinajstić information content (AvgIpc) is 3.31. The van der Waals surface area contributed by atoms with Crippen LogP contribution >= 0.6 is 0 Å². The van der Waals surface area contributed by atoms with Crippen molar-refractivity contribution >= 4 is 16.5 Å². The van der Waals surface area contributed by atoms with Gasteiger partial charge < -0.3 is 9.88 Å². The molecule has 3 nitrogen and oxygen atoms in total. The van der Waals surface area contributed by atoms with E-state index in [1.54, 1.807) is 0 Å². The highest BCUT2D eigenvalue weighted by Gasteiger charge is 2.31. The van der Waals surface area contributed by atoms with Crippen LogP contribution in [0.2, 0.25) is 0 Å². The molecule has 0 bridgehead atoms. The van der Waals surface area contributed by atoms with Crippen molar-refractivity contribution in [2.45, 2.75) is 66.0 Å². The summed E-state index contributed by atoms with van der Waals surface area (Å²) in [5, 5.41) is 6.56. The third kappa shape index (κ3) is 4.11. The Morgan fingerprint density at radius 2 is 1.53 bits per heavy atom. The Bertz CT molecular complexity index is 1620. The second-order valence-electron chi connectivity index (χ2n) is 11.5. The highest BCUT2D eigenvalue weighted by molar-refractivity contribution is 5.95. The largest absolute Gasteiger partial charge is 0.371 e. The van der Waals surface area contributed by atoms with Crippen molar-refractivity contribution in [2.24, 2.45) is 0 Å². The number of benzene rings is 4. The molecule has 4 aromatic carbocycles. The monoisotopic (exact) mass is 499 g/mol. The number of fused-ring (bicyclic) bond motifs is 3. The predicted octanol–water partition coefficient (Wildman–Crippen LogP) is 9.13. The maximum absolute atomic E-state index is 5.36. The number of aromatic nitrogens is 2. The fourth-order valence-electron chi connectivity index (χ4n) is 6.29. The Morgan fingerprint density at radius 1 is 0.842 bits per heavy atom. The number of nitrogens with zero attached hydrogens (tertiary/aromatic N) is 2. The van der Waals surface area contributed by atoms with E-state index in [1.807, 2.05) is 0 Å². The van der Waals surface area contributed by atoms with Gasteiger partial charge in [-0.2, -0.15) is 0 Å². The number of imidazole rings is 1. The van der Waals surface area contributed by atoms with Crippen molar-refractivity contribution < 1.29 is 0 Å². The van der Waals surface area contributed by atoms with Crippen molar-refractivity contribution in [3.8, 4) is 11.3 Å². The van der Waals surface area contributed by atoms with Crippen LogP contribution in [-0.2, 0) is 6.54 Å². The summed E-state index contributed by atoms with van der Waals surface area (Å²) < 4.78 is 2.36. The van der Waals surface area contributed by atoms with E-state index in [2.05, 4.69) is 130 Å². The minimum Gasteiger partial charge on any atom is -0.371 e. The van der Waals surface area contributed by atoms with Gasteiger partial charge in [-0.3, -0.25) is 0 Å². The van der Waals surface area contributed by atoms with Crippen LogP contribution in [0.5, 0.6) is 0 Å².